The SMILES string of the molecule is C=C(C)[C@H]([N-]C)C(C)C.[Pr]. The van der Waals surface area contributed by atoms with Gasteiger partial charge in [0.25, 0.3) is 0 Å². The van der Waals surface area contributed by atoms with Gasteiger partial charge in [-0.05, 0) is 6.92 Å². The van der Waals surface area contributed by atoms with Crippen molar-refractivity contribution in [2.24, 2.45) is 5.92 Å². The van der Waals surface area contributed by atoms with E-state index in [1.54, 1.807) is 0 Å². The van der Waals surface area contributed by atoms with Crippen LogP contribution in [0.2, 0.25) is 0 Å². The second-order valence-electron chi connectivity index (χ2n) is 2.79. The molecule has 10 heavy (non-hydrogen) atoms. The first kappa shape index (κ1) is 13.6. The van der Waals surface area contributed by atoms with E-state index in [-0.39, 0.29) is 41.3 Å². The average Bonchev–Trinajstić information content (AvgIpc) is 1.64. The zero-order chi connectivity index (χ0) is 7.44. The second-order valence-corrected chi connectivity index (χ2v) is 2.79. The molecule has 0 amide bonds. The van der Waals surface area contributed by atoms with Crippen molar-refractivity contribution in [1.29, 1.82) is 0 Å². The number of nitrogens with zero attached hydrogens (tertiary/aromatic N) is 1. The maximum Gasteiger partial charge on any atom is 0 e. The Morgan fingerprint density at radius 3 is 1.80 bits per heavy atom. The maximum atomic E-state index is 4.19. The first-order valence-corrected chi connectivity index (χ1v) is 3.34. The van der Waals surface area contributed by atoms with Crippen molar-refractivity contribution in [1.82, 2.24) is 0 Å². The average molecular weight is 267 g/mol. The fraction of sp³-hybridized carbons (Fsp3) is 0.750. The molecule has 0 fully saturated rings. The molecule has 0 aliphatic carbocycles. The van der Waals surface area contributed by atoms with E-state index in [1.165, 1.54) is 0 Å². The minimum absolute atomic E-state index is 0. The van der Waals surface area contributed by atoms with E-state index in [2.05, 4.69) is 25.7 Å². The monoisotopic (exact) mass is 267 g/mol. The summed E-state index contributed by atoms with van der Waals surface area (Å²) in [5, 5.41) is 4.19. The van der Waals surface area contributed by atoms with Crippen molar-refractivity contribution in [3.05, 3.63) is 17.5 Å². The summed E-state index contributed by atoms with van der Waals surface area (Å²) in [7, 11) is 1.85. The summed E-state index contributed by atoms with van der Waals surface area (Å²) in [6.45, 7) is 10.2. The Balaban J connectivity index is 0. The van der Waals surface area contributed by atoms with Crippen molar-refractivity contribution in [2.45, 2.75) is 26.8 Å². The Labute approximate surface area is 97.6 Å². The van der Waals surface area contributed by atoms with Gasteiger partial charge in [0.2, 0.25) is 0 Å². The van der Waals surface area contributed by atoms with Gasteiger partial charge in [0.05, 0.1) is 0 Å². The summed E-state index contributed by atoms with van der Waals surface area (Å²) in [6.07, 6.45) is 0. The van der Waals surface area contributed by atoms with E-state index < -0.39 is 0 Å². The zero-order valence-electron chi connectivity index (χ0n) is 7.39. The third-order valence-corrected chi connectivity index (χ3v) is 1.41. The summed E-state index contributed by atoms with van der Waals surface area (Å²) in [6, 6.07) is 0.352. The predicted octanol–water partition coefficient (Wildman–Crippen LogP) is 2.59. The summed E-state index contributed by atoms with van der Waals surface area (Å²) >= 11 is 0. The van der Waals surface area contributed by atoms with E-state index in [0.29, 0.717) is 12.0 Å². The Kier molecular flexibility index (Phi) is 9.21. The Bertz CT molecular complexity index is 99.4. The summed E-state index contributed by atoms with van der Waals surface area (Å²) in [5.41, 5.74) is 1.16. The molecule has 0 unspecified atom stereocenters. The van der Waals surface area contributed by atoms with Crippen molar-refractivity contribution in [2.75, 3.05) is 7.05 Å². The Morgan fingerprint density at radius 2 is 1.80 bits per heavy atom. The van der Waals surface area contributed by atoms with Crippen molar-refractivity contribution < 1.29 is 41.3 Å². The molecule has 0 aromatic heterocycles. The normalized spacial score (nSPS) is 12.5. The molecule has 0 saturated heterocycles. The Hall–Kier alpha value is 1.06. The maximum absolute atomic E-state index is 4.19. The minimum atomic E-state index is 0. The standard InChI is InChI=1S/C8H16N.Pr/c1-6(2)8(9-5)7(3)4;/h7-8H,1H2,2-5H3;/q-1;/t8-;/m0./s1. The first-order valence-electron chi connectivity index (χ1n) is 3.34. The number of hydrogen-bond acceptors (Lipinski definition) is 0. The fourth-order valence-corrected chi connectivity index (χ4v) is 1.09. The summed E-state index contributed by atoms with van der Waals surface area (Å²) in [4.78, 5) is 0. The van der Waals surface area contributed by atoms with Crippen molar-refractivity contribution in [3.8, 4) is 0 Å². The molecule has 1 atom stereocenters. The quantitative estimate of drug-likeness (QED) is 0.698. The van der Waals surface area contributed by atoms with E-state index in [0.717, 1.165) is 5.57 Å². The molecule has 0 saturated carbocycles. The van der Waals surface area contributed by atoms with Gasteiger partial charge in [0, 0.05) is 41.3 Å². The van der Waals surface area contributed by atoms with E-state index >= 15 is 0 Å². The van der Waals surface area contributed by atoms with Crippen LogP contribution in [0.15, 0.2) is 12.2 Å². The number of hydrogen-bond donors (Lipinski definition) is 0. The van der Waals surface area contributed by atoms with E-state index in [1.807, 2.05) is 14.0 Å². The molecule has 1 nitrogen and oxygen atoms in total. The minimum Gasteiger partial charge on any atom is -0.659 e. The van der Waals surface area contributed by atoms with Gasteiger partial charge in [-0.1, -0.05) is 25.3 Å². The van der Waals surface area contributed by atoms with Crippen LogP contribution in [-0.4, -0.2) is 13.1 Å². The third kappa shape index (κ3) is 4.81. The molecule has 0 aromatic carbocycles. The smallest absolute Gasteiger partial charge is 0 e. The van der Waals surface area contributed by atoms with E-state index in [9.17, 15) is 0 Å². The van der Waals surface area contributed by atoms with Crippen molar-refractivity contribution in [3.63, 3.8) is 0 Å². The molecular formula is C8H16NPr-. The molecule has 0 aromatic rings. The Morgan fingerprint density at radius 1 is 1.40 bits per heavy atom. The molecule has 0 bridgehead atoms. The van der Waals surface area contributed by atoms with Gasteiger partial charge in [-0.15, -0.1) is 12.6 Å². The zero-order valence-corrected chi connectivity index (χ0v) is 11.1. The molecular weight excluding hydrogens is 251 g/mol. The molecule has 57 valence electrons. The fourth-order valence-electron chi connectivity index (χ4n) is 1.09. The van der Waals surface area contributed by atoms with Crippen LogP contribution in [0.1, 0.15) is 20.8 Å². The van der Waals surface area contributed by atoms with Gasteiger partial charge in [-0.3, -0.25) is 0 Å². The third-order valence-electron chi connectivity index (χ3n) is 1.41. The molecule has 0 heterocycles. The molecule has 1 radical (unpaired) electrons. The van der Waals surface area contributed by atoms with Crippen LogP contribution in [0.3, 0.4) is 0 Å². The van der Waals surface area contributed by atoms with Gasteiger partial charge in [0.15, 0.2) is 0 Å². The van der Waals surface area contributed by atoms with Crippen molar-refractivity contribution >= 4 is 0 Å². The van der Waals surface area contributed by atoms with Crippen LogP contribution in [0.5, 0.6) is 0 Å². The predicted molar refractivity (Wildman–Crippen MR) is 42.7 cm³/mol. The summed E-state index contributed by atoms with van der Waals surface area (Å²) in [5.74, 6) is 0.590. The van der Waals surface area contributed by atoms with Gasteiger partial charge in [-0.25, -0.2) is 0 Å². The van der Waals surface area contributed by atoms with Gasteiger partial charge >= 0.3 is 0 Å². The molecule has 0 spiro atoms. The first-order chi connectivity index (χ1) is 4.09. The van der Waals surface area contributed by atoms with Gasteiger partial charge < -0.3 is 5.32 Å². The van der Waals surface area contributed by atoms with Gasteiger partial charge in [-0.2, -0.15) is 7.05 Å². The molecule has 0 rings (SSSR count). The van der Waals surface area contributed by atoms with Crippen LogP contribution in [0, 0.1) is 47.2 Å². The topological polar surface area (TPSA) is 14.1 Å². The summed E-state index contributed by atoms with van der Waals surface area (Å²) < 4.78 is 0. The largest absolute Gasteiger partial charge is 0.659 e. The van der Waals surface area contributed by atoms with Crippen LogP contribution in [0.4, 0.5) is 0 Å². The molecule has 2 heteroatoms. The van der Waals surface area contributed by atoms with Gasteiger partial charge in [0.1, 0.15) is 0 Å². The molecule has 0 N–H and O–H groups in total. The van der Waals surface area contributed by atoms with Crippen LogP contribution in [-0.2, 0) is 0 Å². The van der Waals surface area contributed by atoms with Crippen LogP contribution >= 0.6 is 0 Å². The van der Waals surface area contributed by atoms with Crippen LogP contribution < -0.4 is 0 Å². The second kappa shape index (κ2) is 6.75. The number of likely N-dealkylation sites (N-methyl/N-ethyl adjacent to an activating group) is 1. The number of rotatable bonds is 3. The van der Waals surface area contributed by atoms with Crippen LogP contribution in [0.25, 0.3) is 5.32 Å². The molecule has 0 aliphatic heterocycles. The van der Waals surface area contributed by atoms with E-state index in [4.69, 9.17) is 0 Å². The molecule has 0 aliphatic rings.